The van der Waals surface area contributed by atoms with Crippen LogP contribution < -0.4 is 5.32 Å². The van der Waals surface area contributed by atoms with Crippen molar-refractivity contribution in [2.75, 3.05) is 0 Å². The van der Waals surface area contributed by atoms with Gasteiger partial charge in [-0.05, 0) is 39.3 Å². The van der Waals surface area contributed by atoms with Gasteiger partial charge in [0, 0.05) is 5.92 Å². The third kappa shape index (κ3) is 5.42. The van der Waals surface area contributed by atoms with Crippen LogP contribution in [0.4, 0.5) is 18.0 Å². The molecule has 0 saturated carbocycles. The molecule has 5 nitrogen and oxygen atoms in total. The van der Waals surface area contributed by atoms with Gasteiger partial charge in [0.15, 0.2) is 11.7 Å². The molecule has 0 fully saturated rings. The SMILES string of the molecule is CC(C)(C)OC(=O)N[C@H](CC1C=C(F)C(F)=C[C@@H]1F)C(=O)O. The third-order valence-corrected chi connectivity index (χ3v) is 2.80. The first-order valence-electron chi connectivity index (χ1n) is 6.61. The molecular formula is C14H18F3NO4. The Morgan fingerprint density at radius 1 is 1.32 bits per heavy atom. The first kappa shape index (κ1) is 18.1. The number of aliphatic carboxylic acids is 1. The zero-order valence-electron chi connectivity index (χ0n) is 12.4. The molecule has 2 N–H and O–H groups in total. The number of hydrogen-bond acceptors (Lipinski definition) is 3. The van der Waals surface area contributed by atoms with Crippen molar-refractivity contribution in [2.24, 2.45) is 5.92 Å². The Labute approximate surface area is 125 Å². The molecule has 1 unspecified atom stereocenters. The number of hydrogen-bond donors (Lipinski definition) is 2. The average Bonchev–Trinajstić information content (AvgIpc) is 2.32. The van der Waals surface area contributed by atoms with E-state index in [1.807, 2.05) is 0 Å². The summed E-state index contributed by atoms with van der Waals surface area (Å²) in [6.45, 7) is 4.77. The quantitative estimate of drug-likeness (QED) is 0.834. The molecule has 124 valence electrons. The highest BCUT2D eigenvalue weighted by molar-refractivity contribution is 5.80. The van der Waals surface area contributed by atoms with Gasteiger partial charge >= 0.3 is 12.1 Å². The lowest BCUT2D eigenvalue weighted by atomic mass is 9.91. The molecule has 0 aromatic carbocycles. The van der Waals surface area contributed by atoms with Crippen molar-refractivity contribution in [3.63, 3.8) is 0 Å². The summed E-state index contributed by atoms with van der Waals surface area (Å²) >= 11 is 0. The van der Waals surface area contributed by atoms with Gasteiger partial charge in [0.1, 0.15) is 17.8 Å². The summed E-state index contributed by atoms with van der Waals surface area (Å²) in [5.74, 6) is -5.20. The number of carboxylic acids is 1. The standard InChI is InChI=1S/C14H18F3NO4/c1-14(2,3)22-13(21)18-11(12(19)20)5-7-4-9(16)10(17)6-8(7)15/h4,6-8,11H,5H2,1-3H3,(H,18,21)(H,19,20)/t7?,8-,11+/m0/s1. The predicted molar refractivity (Wildman–Crippen MR) is 72.2 cm³/mol. The Morgan fingerprint density at radius 3 is 2.36 bits per heavy atom. The first-order chi connectivity index (χ1) is 9.99. The topological polar surface area (TPSA) is 75.6 Å². The van der Waals surface area contributed by atoms with Gasteiger partial charge in [-0.15, -0.1) is 0 Å². The molecule has 8 heteroatoms. The van der Waals surface area contributed by atoms with Gasteiger partial charge < -0.3 is 15.2 Å². The van der Waals surface area contributed by atoms with E-state index in [0.29, 0.717) is 12.2 Å². The predicted octanol–water partition coefficient (Wildman–Crippen LogP) is 3.03. The molecule has 22 heavy (non-hydrogen) atoms. The maximum absolute atomic E-state index is 13.6. The Kier molecular flexibility index (Phi) is 5.62. The van der Waals surface area contributed by atoms with Crippen molar-refractivity contribution >= 4 is 12.1 Å². The number of halogens is 3. The largest absolute Gasteiger partial charge is 0.480 e. The van der Waals surface area contributed by atoms with Crippen LogP contribution in [0.2, 0.25) is 0 Å². The van der Waals surface area contributed by atoms with Crippen molar-refractivity contribution in [3.8, 4) is 0 Å². The Balaban J connectivity index is 2.74. The zero-order valence-corrected chi connectivity index (χ0v) is 12.4. The molecule has 1 rings (SSSR count). The van der Waals surface area contributed by atoms with Crippen molar-refractivity contribution in [1.29, 1.82) is 0 Å². The van der Waals surface area contributed by atoms with E-state index in [9.17, 15) is 22.8 Å². The second-order valence-corrected chi connectivity index (χ2v) is 5.91. The van der Waals surface area contributed by atoms with Gasteiger partial charge in [0.25, 0.3) is 0 Å². The third-order valence-electron chi connectivity index (χ3n) is 2.80. The highest BCUT2D eigenvalue weighted by Crippen LogP contribution is 2.30. The normalized spacial score (nSPS) is 23.2. The van der Waals surface area contributed by atoms with Crippen LogP contribution in [0.5, 0.6) is 0 Å². The lowest BCUT2D eigenvalue weighted by Crippen LogP contribution is -2.45. The molecule has 0 bridgehead atoms. The highest BCUT2D eigenvalue weighted by Gasteiger charge is 2.32. The molecule has 0 heterocycles. The minimum atomic E-state index is -1.87. The van der Waals surface area contributed by atoms with Crippen LogP contribution >= 0.6 is 0 Å². The van der Waals surface area contributed by atoms with E-state index in [0.717, 1.165) is 0 Å². The summed E-state index contributed by atoms with van der Waals surface area (Å²) in [7, 11) is 0. The fourth-order valence-electron chi connectivity index (χ4n) is 1.84. The van der Waals surface area contributed by atoms with E-state index in [-0.39, 0.29) is 0 Å². The van der Waals surface area contributed by atoms with Crippen molar-refractivity contribution in [2.45, 2.75) is 45.0 Å². The average molecular weight is 321 g/mol. The van der Waals surface area contributed by atoms with E-state index >= 15 is 0 Å². The number of carboxylic acid groups (broad SMARTS) is 1. The molecule has 3 atom stereocenters. The number of allylic oxidation sites excluding steroid dienone is 4. The molecule has 0 aliphatic heterocycles. The van der Waals surface area contributed by atoms with Gasteiger partial charge in [-0.1, -0.05) is 0 Å². The molecule has 0 aromatic rings. The first-order valence-corrected chi connectivity index (χ1v) is 6.61. The maximum Gasteiger partial charge on any atom is 0.408 e. The van der Waals surface area contributed by atoms with Crippen molar-refractivity contribution in [1.82, 2.24) is 5.32 Å². The summed E-state index contributed by atoms with van der Waals surface area (Å²) in [5.41, 5.74) is -0.835. The number of carbonyl (C=O) groups excluding carboxylic acids is 1. The lowest BCUT2D eigenvalue weighted by molar-refractivity contribution is -0.140. The number of ether oxygens (including phenoxy) is 1. The second-order valence-electron chi connectivity index (χ2n) is 5.91. The minimum Gasteiger partial charge on any atom is -0.480 e. The molecular weight excluding hydrogens is 303 g/mol. The van der Waals surface area contributed by atoms with Gasteiger partial charge in [-0.25, -0.2) is 22.8 Å². The van der Waals surface area contributed by atoms with E-state index < -0.39 is 53.9 Å². The molecule has 0 spiro atoms. The number of alkyl halides is 1. The Bertz CT molecular complexity index is 511. The highest BCUT2D eigenvalue weighted by atomic mass is 19.2. The number of carbonyl (C=O) groups is 2. The summed E-state index contributed by atoms with van der Waals surface area (Å²) in [5, 5.41) is 11.1. The van der Waals surface area contributed by atoms with Crippen LogP contribution in [0.3, 0.4) is 0 Å². The number of amides is 1. The maximum atomic E-state index is 13.6. The number of nitrogens with one attached hydrogen (secondary N) is 1. The fourth-order valence-corrected chi connectivity index (χ4v) is 1.84. The number of rotatable bonds is 4. The van der Waals surface area contributed by atoms with Crippen LogP contribution in [-0.4, -0.2) is 35.0 Å². The van der Waals surface area contributed by atoms with Gasteiger partial charge in [-0.3, -0.25) is 0 Å². The molecule has 1 amide bonds. The minimum absolute atomic E-state index is 0.437. The van der Waals surface area contributed by atoms with Crippen molar-refractivity contribution in [3.05, 3.63) is 23.8 Å². The van der Waals surface area contributed by atoms with E-state index in [1.54, 1.807) is 20.8 Å². The number of alkyl carbamates (subject to hydrolysis) is 1. The second kappa shape index (κ2) is 6.85. The van der Waals surface area contributed by atoms with Crippen LogP contribution in [0.15, 0.2) is 23.8 Å². The molecule has 0 radical (unpaired) electrons. The summed E-state index contributed by atoms with van der Waals surface area (Å²) in [6, 6.07) is -1.49. The zero-order chi connectivity index (χ0) is 17.1. The van der Waals surface area contributed by atoms with E-state index in [2.05, 4.69) is 5.32 Å². The Hall–Kier alpha value is -1.99. The smallest absolute Gasteiger partial charge is 0.408 e. The molecule has 0 aromatic heterocycles. The Morgan fingerprint density at radius 2 is 1.86 bits per heavy atom. The molecule has 0 saturated heterocycles. The molecule has 1 aliphatic rings. The monoisotopic (exact) mass is 321 g/mol. The van der Waals surface area contributed by atoms with Crippen LogP contribution in [0, 0.1) is 5.92 Å². The summed E-state index contributed by atoms with van der Waals surface area (Å²) < 4.78 is 44.5. The van der Waals surface area contributed by atoms with E-state index in [1.165, 1.54) is 0 Å². The fraction of sp³-hybridized carbons (Fsp3) is 0.571. The van der Waals surface area contributed by atoms with Crippen molar-refractivity contribution < 1.29 is 32.6 Å². The summed E-state index contributed by atoms with van der Waals surface area (Å²) in [4.78, 5) is 22.7. The van der Waals surface area contributed by atoms with Gasteiger partial charge in [0.2, 0.25) is 0 Å². The van der Waals surface area contributed by atoms with Crippen LogP contribution in [0.25, 0.3) is 0 Å². The van der Waals surface area contributed by atoms with E-state index in [4.69, 9.17) is 9.84 Å². The van der Waals surface area contributed by atoms with Crippen LogP contribution in [-0.2, 0) is 9.53 Å². The van der Waals surface area contributed by atoms with Gasteiger partial charge in [-0.2, -0.15) is 0 Å². The lowest BCUT2D eigenvalue weighted by Gasteiger charge is -2.25. The van der Waals surface area contributed by atoms with Gasteiger partial charge in [0.05, 0.1) is 0 Å². The van der Waals surface area contributed by atoms with Crippen LogP contribution in [0.1, 0.15) is 27.2 Å². The summed E-state index contributed by atoms with van der Waals surface area (Å²) in [6.07, 6.45) is -2.19. The molecule has 1 aliphatic carbocycles.